The SMILES string of the molecule is CC(C)[C@]1(C(=O)N2CCc3ncc(C(F)(F)F)cc3C2)CCC(N2CCOCC2)C1. The summed E-state index contributed by atoms with van der Waals surface area (Å²) in [7, 11) is 0. The van der Waals surface area contributed by atoms with Crippen LogP contribution >= 0.6 is 0 Å². The topological polar surface area (TPSA) is 45.7 Å². The van der Waals surface area contributed by atoms with E-state index in [0.29, 0.717) is 30.3 Å². The Bertz CT molecular complexity index is 792. The molecule has 1 aromatic heterocycles. The number of hydrogen-bond donors (Lipinski definition) is 0. The minimum Gasteiger partial charge on any atom is -0.379 e. The van der Waals surface area contributed by atoms with Crippen molar-refractivity contribution in [1.29, 1.82) is 0 Å². The molecule has 2 aliphatic heterocycles. The molecule has 1 saturated heterocycles. The summed E-state index contributed by atoms with van der Waals surface area (Å²) in [4.78, 5) is 22.0. The van der Waals surface area contributed by atoms with Crippen LogP contribution in [-0.4, -0.2) is 59.6 Å². The number of hydrogen-bond acceptors (Lipinski definition) is 4. The van der Waals surface area contributed by atoms with Gasteiger partial charge in [0.05, 0.1) is 24.2 Å². The zero-order chi connectivity index (χ0) is 21.5. The van der Waals surface area contributed by atoms with Crippen LogP contribution < -0.4 is 0 Å². The Morgan fingerprint density at radius 1 is 1.27 bits per heavy atom. The van der Waals surface area contributed by atoms with E-state index >= 15 is 0 Å². The smallest absolute Gasteiger partial charge is 0.379 e. The van der Waals surface area contributed by atoms with E-state index in [2.05, 4.69) is 23.7 Å². The third-order valence-electron chi connectivity index (χ3n) is 7.27. The van der Waals surface area contributed by atoms with Crippen molar-refractivity contribution in [2.45, 2.75) is 58.3 Å². The molecule has 4 rings (SSSR count). The van der Waals surface area contributed by atoms with Crippen LogP contribution in [0.5, 0.6) is 0 Å². The first kappa shape index (κ1) is 21.6. The van der Waals surface area contributed by atoms with Crippen LogP contribution in [0.4, 0.5) is 13.2 Å². The summed E-state index contributed by atoms with van der Waals surface area (Å²) in [5.41, 5.74) is -0.00749. The molecule has 30 heavy (non-hydrogen) atoms. The van der Waals surface area contributed by atoms with E-state index in [1.165, 1.54) is 0 Å². The number of carbonyl (C=O) groups is 1. The molecular formula is C22H30F3N3O2. The highest BCUT2D eigenvalue weighted by Gasteiger charge is 2.50. The van der Waals surface area contributed by atoms with Gasteiger partial charge in [0.25, 0.3) is 0 Å². The number of morpholine rings is 1. The molecule has 0 bridgehead atoms. The van der Waals surface area contributed by atoms with Crippen LogP contribution in [0.1, 0.15) is 49.9 Å². The maximum absolute atomic E-state index is 13.7. The normalized spacial score (nSPS) is 28.1. The van der Waals surface area contributed by atoms with Crippen molar-refractivity contribution in [3.05, 3.63) is 29.1 Å². The number of aromatic nitrogens is 1. The first-order chi connectivity index (χ1) is 14.2. The van der Waals surface area contributed by atoms with E-state index < -0.39 is 17.2 Å². The van der Waals surface area contributed by atoms with Gasteiger partial charge in [-0.3, -0.25) is 14.7 Å². The van der Waals surface area contributed by atoms with Gasteiger partial charge in [-0.25, -0.2) is 0 Å². The highest BCUT2D eigenvalue weighted by molar-refractivity contribution is 5.83. The first-order valence-electron chi connectivity index (χ1n) is 10.9. The van der Waals surface area contributed by atoms with Crippen molar-refractivity contribution in [2.75, 3.05) is 32.8 Å². The summed E-state index contributed by atoms with van der Waals surface area (Å²) in [6.07, 6.45) is -0.405. The summed E-state index contributed by atoms with van der Waals surface area (Å²) in [6, 6.07) is 1.53. The van der Waals surface area contributed by atoms with Gasteiger partial charge < -0.3 is 9.64 Å². The van der Waals surface area contributed by atoms with Gasteiger partial charge in [0.15, 0.2) is 0 Å². The average molecular weight is 425 g/mol. The molecule has 1 aliphatic carbocycles. The fraction of sp³-hybridized carbons (Fsp3) is 0.727. The lowest BCUT2D eigenvalue weighted by atomic mass is 9.74. The molecule has 166 valence electrons. The Morgan fingerprint density at radius 2 is 2.00 bits per heavy atom. The van der Waals surface area contributed by atoms with Crippen molar-refractivity contribution in [2.24, 2.45) is 11.3 Å². The van der Waals surface area contributed by atoms with E-state index in [0.717, 1.165) is 57.8 Å². The van der Waals surface area contributed by atoms with Gasteiger partial charge in [-0.05, 0) is 36.8 Å². The van der Waals surface area contributed by atoms with E-state index in [1.54, 1.807) is 4.90 Å². The van der Waals surface area contributed by atoms with Gasteiger partial charge in [0.1, 0.15) is 0 Å². The number of halogens is 3. The van der Waals surface area contributed by atoms with Crippen LogP contribution in [-0.2, 0) is 28.7 Å². The largest absolute Gasteiger partial charge is 0.417 e. The van der Waals surface area contributed by atoms with Gasteiger partial charge in [-0.1, -0.05) is 13.8 Å². The van der Waals surface area contributed by atoms with Gasteiger partial charge in [-0.15, -0.1) is 0 Å². The second-order valence-corrected chi connectivity index (χ2v) is 9.16. The Kier molecular flexibility index (Phi) is 5.83. The number of fused-ring (bicyclic) bond motifs is 1. The van der Waals surface area contributed by atoms with Crippen LogP contribution in [0.15, 0.2) is 12.3 Å². The molecule has 3 heterocycles. The minimum absolute atomic E-state index is 0.0938. The summed E-state index contributed by atoms with van der Waals surface area (Å²) in [5.74, 6) is 0.272. The van der Waals surface area contributed by atoms with E-state index in [4.69, 9.17) is 4.74 Å². The van der Waals surface area contributed by atoms with Crippen molar-refractivity contribution in [3.63, 3.8) is 0 Å². The van der Waals surface area contributed by atoms with Crippen molar-refractivity contribution in [3.8, 4) is 0 Å². The van der Waals surface area contributed by atoms with Crippen molar-refractivity contribution in [1.82, 2.24) is 14.8 Å². The molecule has 1 amide bonds. The molecule has 1 aromatic rings. The second-order valence-electron chi connectivity index (χ2n) is 9.16. The standard InChI is InChI=1S/C22H30F3N3O2/c1-15(2)21(5-3-18(12-21)27-7-9-30-10-8-27)20(29)28-6-4-19-16(14-28)11-17(13-26-19)22(23,24)25/h11,13,15,18H,3-10,12,14H2,1-2H3/t18?,21-/m0/s1. The summed E-state index contributed by atoms with van der Waals surface area (Å²) in [6.45, 7) is 8.18. The van der Waals surface area contributed by atoms with Gasteiger partial charge in [-0.2, -0.15) is 13.2 Å². The lowest BCUT2D eigenvalue weighted by molar-refractivity contribution is -0.146. The van der Waals surface area contributed by atoms with Gasteiger partial charge in [0, 0.05) is 50.5 Å². The lowest BCUT2D eigenvalue weighted by Gasteiger charge is -2.40. The number of nitrogens with zero attached hydrogens (tertiary/aromatic N) is 3. The fourth-order valence-corrected chi connectivity index (χ4v) is 5.34. The molecule has 3 aliphatic rings. The van der Waals surface area contributed by atoms with E-state index in [9.17, 15) is 18.0 Å². The maximum Gasteiger partial charge on any atom is 0.417 e. The number of pyridine rings is 1. The molecule has 1 unspecified atom stereocenters. The average Bonchev–Trinajstić information content (AvgIpc) is 3.19. The van der Waals surface area contributed by atoms with E-state index in [1.807, 2.05) is 0 Å². The van der Waals surface area contributed by atoms with Crippen molar-refractivity contribution < 1.29 is 22.7 Å². The van der Waals surface area contributed by atoms with Gasteiger partial charge in [0.2, 0.25) is 5.91 Å². The summed E-state index contributed by atoms with van der Waals surface area (Å²) < 4.78 is 44.8. The quantitative estimate of drug-likeness (QED) is 0.744. The van der Waals surface area contributed by atoms with Crippen molar-refractivity contribution >= 4 is 5.91 Å². The zero-order valence-electron chi connectivity index (χ0n) is 17.7. The maximum atomic E-state index is 13.7. The van der Waals surface area contributed by atoms with Crippen LogP contribution in [0.25, 0.3) is 0 Å². The third-order valence-corrected chi connectivity index (χ3v) is 7.27. The van der Waals surface area contributed by atoms with Crippen LogP contribution in [0.3, 0.4) is 0 Å². The van der Waals surface area contributed by atoms with Gasteiger partial charge >= 0.3 is 6.18 Å². The Hall–Kier alpha value is -1.67. The van der Waals surface area contributed by atoms with Crippen LogP contribution in [0.2, 0.25) is 0 Å². The first-order valence-corrected chi connectivity index (χ1v) is 10.9. The number of alkyl halides is 3. The monoisotopic (exact) mass is 425 g/mol. The number of carbonyl (C=O) groups excluding carboxylic acids is 1. The number of ether oxygens (including phenoxy) is 1. The molecule has 8 heteroatoms. The Labute approximate surface area is 175 Å². The third kappa shape index (κ3) is 3.96. The second kappa shape index (κ2) is 8.11. The molecule has 2 fully saturated rings. The van der Waals surface area contributed by atoms with Crippen LogP contribution in [0, 0.1) is 11.3 Å². The summed E-state index contributed by atoms with van der Waals surface area (Å²) >= 11 is 0. The molecule has 0 spiro atoms. The Morgan fingerprint density at radius 3 is 2.67 bits per heavy atom. The predicted octanol–water partition coefficient (Wildman–Crippen LogP) is 3.51. The molecule has 5 nitrogen and oxygen atoms in total. The molecule has 1 saturated carbocycles. The molecule has 0 N–H and O–H groups in total. The fourth-order valence-electron chi connectivity index (χ4n) is 5.34. The zero-order valence-corrected chi connectivity index (χ0v) is 17.7. The number of rotatable bonds is 3. The highest BCUT2D eigenvalue weighted by Crippen LogP contribution is 2.48. The highest BCUT2D eigenvalue weighted by atomic mass is 19.4. The molecule has 0 aromatic carbocycles. The molecular weight excluding hydrogens is 395 g/mol. The summed E-state index contributed by atoms with van der Waals surface area (Å²) in [5, 5.41) is 0. The predicted molar refractivity (Wildman–Crippen MR) is 106 cm³/mol. The number of amides is 1. The molecule has 0 radical (unpaired) electrons. The molecule has 2 atom stereocenters. The minimum atomic E-state index is -4.43. The Balaban J connectivity index is 1.52. The van der Waals surface area contributed by atoms with E-state index in [-0.39, 0.29) is 18.4 Å². The lowest BCUT2D eigenvalue weighted by Crippen LogP contribution is -2.49.